The first-order chi connectivity index (χ1) is 14.5. The Labute approximate surface area is 190 Å². The molecular formula is C23H20Cl3N3O. The van der Waals surface area contributed by atoms with Crippen molar-refractivity contribution in [1.29, 1.82) is 0 Å². The Morgan fingerprint density at radius 3 is 2.33 bits per heavy atom. The van der Waals surface area contributed by atoms with Crippen LogP contribution in [0, 0.1) is 0 Å². The van der Waals surface area contributed by atoms with Crippen molar-refractivity contribution in [3.8, 4) is 11.4 Å². The van der Waals surface area contributed by atoms with Crippen molar-refractivity contribution in [2.75, 3.05) is 11.9 Å². The second-order valence-electron chi connectivity index (χ2n) is 6.85. The van der Waals surface area contributed by atoms with Crippen LogP contribution in [0.1, 0.15) is 18.9 Å². The second kappa shape index (κ2) is 9.17. The van der Waals surface area contributed by atoms with Crippen LogP contribution in [0.15, 0.2) is 60.7 Å². The number of hydrogen-bond acceptors (Lipinski definition) is 3. The fraction of sp³-hybridized carbons (Fsp3) is 0.174. The Morgan fingerprint density at radius 1 is 0.933 bits per heavy atom. The zero-order valence-electron chi connectivity index (χ0n) is 16.3. The van der Waals surface area contributed by atoms with E-state index in [1.165, 1.54) is 0 Å². The third-order valence-corrected chi connectivity index (χ3v) is 5.60. The second-order valence-corrected chi connectivity index (χ2v) is 8.10. The maximum Gasteiger partial charge on any atom is 0.208 e. The number of fused-ring (bicyclic) bond motifs is 1. The van der Waals surface area contributed by atoms with E-state index in [4.69, 9.17) is 44.5 Å². The molecule has 0 fully saturated rings. The van der Waals surface area contributed by atoms with Gasteiger partial charge in [-0.1, -0.05) is 53.9 Å². The van der Waals surface area contributed by atoms with Gasteiger partial charge in [-0.2, -0.15) is 0 Å². The highest BCUT2D eigenvalue weighted by molar-refractivity contribution is 6.42. The first-order valence-electron chi connectivity index (χ1n) is 9.64. The molecule has 1 N–H and O–H groups in total. The number of aromatic nitrogens is 2. The first kappa shape index (κ1) is 20.9. The van der Waals surface area contributed by atoms with E-state index in [0.29, 0.717) is 34.2 Å². The molecule has 3 aromatic carbocycles. The van der Waals surface area contributed by atoms with E-state index in [2.05, 4.69) is 12.2 Å². The van der Waals surface area contributed by atoms with Gasteiger partial charge in [-0.25, -0.2) is 4.98 Å². The molecule has 0 aliphatic rings. The Bertz CT molecular complexity index is 1160. The van der Waals surface area contributed by atoms with Crippen LogP contribution in [0.5, 0.6) is 5.75 Å². The van der Waals surface area contributed by atoms with Gasteiger partial charge in [-0.05, 0) is 60.5 Å². The van der Waals surface area contributed by atoms with Crippen LogP contribution in [-0.2, 0) is 6.54 Å². The van der Waals surface area contributed by atoms with E-state index in [1.54, 1.807) is 6.07 Å². The van der Waals surface area contributed by atoms with E-state index >= 15 is 0 Å². The molecule has 0 saturated carbocycles. The molecule has 0 saturated heterocycles. The molecule has 1 aromatic heterocycles. The molecule has 0 unspecified atom stereocenters. The van der Waals surface area contributed by atoms with Crippen LogP contribution in [0.3, 0.4) is 0 Å². The van der Waals surface area contributed by atoms with Gasteiger partial charge in [0.2, 0.25) is 5.95 Å². The topological polar surface area (TPSA) is 39.1 Å². The largest absolute Gasteiger partial charge is 0.494 e. The highest BCUT2D eigenvalue weighted by atomic mass is 35.5. The van der Waals surface area contributed by atoms with Gasteiger partial charge in [0.15, 0.2) is 0 Å². The van der Waals surface area contributed by atoms with E-state index < -0.39 is 0 Å². The summed E-state index contributed by atoms with van der Waals surface area (Å²) in [6.45, 7) is 3.37. The average Bonchev–Trinajstić information content (AvgIpc) is 3.09. The number of halogens is 3. The highest BCUT2D eigenvalue weighted by Crippen LogP contribution is 2.32. The summed E-state index contributed by atoms with van der Waals surface area (Å²) in [6, 6.07) is 19.2. The van der Waals surface area contributed by atoms with E-state index in [9.17, 15) is 0 Å². The van der Waals surface area contributed by atoms with Crippen molar-refractivity contribution < 1.29 is 4.74 Å². The van der Waals surface area contributed by atoms with Gasteiger partial charge in [0.1, 0.15) is 5.75 Å². The number of ether oxygens (including phenoxy) is 1. The lowest BCUT2D eigenvalue weighted by Crippen LogP contribution is -2.06. The quantitative estimate of drug-likeness (QED) is 0.312. The predicted octanol–water partition coefficient (Wildman–Crippen LogP) is 7.39. The summed E-state index contributed by atoms with van der Waals surface area (Å²) in [4.78, 5) is 4.75. The number of anilines is 1. The van der Waals surface area contributed by atoms with Crippen LogP contribution < -0.4 is 10.1 Å². The van der Waals surface area contributed by atoms with Crippen molar-refractivity contribution in [3.05, 3.63) is 81.3 Å². The molecule has 4 nitrogen and oxygen atoms in total. The summed E-state index contributed by atoms with van der Waals surface area (Å²) in [6.07, 6.45) is 0.964. The zero-order chi connectivity index (χ0) is 21.1. The molecule has 0 spiro atoms. The van der Waals surface area contributed by atoms with Crippen LogP contribution >= 0.6 is 34.8 Å². The fourth-order valence-corrected chi connectivity index (χ4v) is 3.59. The molecule has 0 aliphatic heterocycles. The smallest absolute Gasteiger partial charge is 0.208 e. The van der Waals surface area contributed by atoms with Gasteiger partial charge < -0.3 is 10.1 Å². The molecule has 30 heavy (non-hydrogen) atoms. The molecule has 4 aromatic rings. The fourth-order valence-electron chi connectivity index (χ4n) is 3.15. The Hall–Kier alpha value is -2.40. The lowest BCUT2D eigenvalue weighted by Gasteiger charge is -2.12. The minimum Gasteiger partial charge on any atom is -0.494 e. The predicted molar refractivity (Wildman–Crippen MR) is 126 cm³/mol. The summed E-state index contributed by atoms with van der Waals surface area (Å²) in [5.41, 5.74) is 3.66. The molecule has 0 atom stereocenters. The average molecular weight is 461 g/mol. The van der Waals surface area contributed by atoms with Crippen LogP contribution in [0.25, 0.3) is 16.7 Å². The number of benzene rings is 3. The molecule has 0 amide bonds. The number of imidazole rings is 1. The lowest BCUT2D eigenvalue weighted by molar-refractivity contribution is 0.317. The summed E-state index contributed by atoms with van der Waals surface area (Å²) in [5, 5.41) is 5.08. The SMILES string of the molecule is CCCOc1ccc(-n2c(NCc3ccc(Cl)cc3)nc3cc(Cl)c(Cl)cc32)cc1. The van der Waals surface area contributed by atoms with Gasteiger partial charge in [-0.15, -0.1) is 0 Å². The summed E-state index contributed by atoms with van der Waals surface area (Å²) in [7, 11) is 0. The Balaban J connectivity index is 1.72. The minimum atomic E-state index is 0.474. The van der Waals surface area contributed by atoms with E-state index in [1.807, 2.05) is 59.2 Å². The maximum absolute atomic E-state index is 6.30. The van der Waals surface area contributed by atoms with Gasteiger partial charge in [0.25, 0.3) is 0 Å². The molecule has 154 valence electrons. The molecule has 0 bridgehead atoms. The zero-order valence-corrected chi connectivity index (χ0v) is 18.6. The Morgan fingerprint density at radius 2 is 1.63 bits per heavy atom. The van der Waals surface area contributed by atoms with Crippen molar-refractivity contribution in [2.24, 2.45) is 0 Å². The van der Waals surface area contributed by atoms with E-state index in [-0.39, 0.29) is 0 Å². The third kappa shape index (κ3) is 4.51. The van der Waals surface area contributed by atoms with Crippen molar-refractivity contribution in [2.45, 2.75) is 19.9 Å². The van der Waals surface area contributed by atoms with Crippen molar-refractivity contribution in [3.63, 3.8) is 0 Å². The van der Waals surface area contributed by atoms with Gasteiger partial charge in [-0.3, -0.25) is 4.57 Å². The number of nitrogens with zero attached hydrogens (tertiary/aromatic N) is 2. The van der Waals surface area contributed by atoms with Crippen LogP contribution in [0.2, 0.25) is 15.1 Å². The van der Waals surface area contributed by atoms with E-state index in [0.717, 1.165) is 34.5 Å². The molecule has 4 rings (SSSR count). The normalized spacial score (nSPS) is 11.1. The van der Waals surface area contributed by atoms with Crippen LogP contribution in [0.4, 0.5) is 5.95 Å². The van der Waals surface area contributed by atoms with Gasteiger partial charge in [0.05, 0.1) is 27.7 Å². The number of rotatable bonds is 7. The standard InChI is InChI=1S/C23H20Cl3N3O/c1-2-11-30-18-9-7-17(8-10-18)29-22-13-20(26)19(25)12-21(22)28-23(29)27-14-15-3-5-16(24)6-4-15/h3-10,12-13H,2,11,14H2,1H3,(H,27,28). The summed E-state index contributed by atoms with van der Waals surface area (Å²) in [5.74, 6) is 1.53. The highest BCUT2D eigenvalue weighted by Gasteiger charge is 2.15. The molecule has 7 heteroatoms. The first-order valence-corrected chi connectivity index (χ1v) is 10.8. The van der Waals surface area contributed by atoms with Crippen LogP contribution in [-0.4, -0.2) is 16.2 Å². The van der Waals surface area contributed by atoms with Gasteiger partial charge >= 0.3 is 0 Å². The van der Waals surface area contributed by atoms with Crippen molar-refractivity contribution >= 4 is 51.8 Å². The maximum atomic E-state index is 6.30. The monoisotopic (exact) mass is 459 g/mol. The molecule has 0 radical (unpaired) electrons. The third-order valence-electron chi connectivity index (χ3n) is 4.63. The van der Waals surface area contributed by atoms with Gasteiger partial charge in [0, 0.05) is 17.3 Å². The Kier molecular flexibility index (Phi) is 6.38. The lowest BCUT2D eigenvalue weighted by atomic mass is 10.2. The number of nitrogens with one attached hydrogen (secondary N) is 1. The summed E-state index contributed by atoms with van der Waals surface area (Å²) < 4.78 is 7.73. The molecular weight excluding hydrogens is 441 g/mol. The molecule has 1 heterocycles. The minimum absolute atomic E-state index is 0.474. The molecule has 0 aliphatic carbocycles. The number of hydrogen-bond donors (Lipinski definition) is 1. The summed E-state index contributed by atoms with van der Waals surface area (Å²) >= 11 is 18.5. The van der Waals surface area contributed by atoms with Crippen molar-refractivity contribution in [1.82, 2.24) is 9.55 Å².